The quantitative estimate of drug-likeness (QED) is 0.780. The molecule has 1 unspecified atom stereocenters. The Labute approximate surface area is 142 Å². The minimum Gasteiger partial charge on any atom is -0.352 e. The second kappa shape index (κ2) is 6.42. The van der Waals surface area contributed by atoms with Crippen LogP contribution in [0.3, 0.4) is 0 Å². The van der Waals surface area contributed by atoms with Gasteiger partial charge in [-0.2, -0.15) is 5.10 Å². The number of imidazole rings is 1. The molecule has 0 aromatic carbocycles. The van der Waals surface area contributed by atoms with Gasteiger partial charge in [0, 0.05) is 12.7 Å². The van der Waals surface area contributed by atoms with Gasteiger partial charge in [0.15, 0.2) is 17.2 Å². The number of nitrogens with zero attached hydrogens (tertiary/aromatic N) is 6. The molecular formula is C16H16FN7O. The Kier molecular flexibility index (Phi) is 3.96. The minimum absolute atomic E-state index is 0.274. The largest absolute Gasteiger partial charge is 0.352 e. The first kappa shape index (κ1) is 15.4. The van der Waals surface area contributed by atoms with Crippen LogP contribution >= 0.6 is 0 Å². The van der Waals surface area contributed by atoms with Crippen LogP contribution in [0.25, 0.3) is 5.65 Å². The molecule has 1 aliphatic rings. The second-order valence-corrected chi connectivity index (χ2v) is 5.85. The normalized spacial score (nSPS) is 17.6. The lowest BCUT2D eigenvalue weighted by Gasteiger charge is -2.29. The number of carbonyl (C=O) groups is 1. The van der Waals surface area contributed by atoms with E-state index in [1.165, 1.54) is 16.9 Å². The molecule has 0 bridgehead atoms. The third kappa shape index (κ3) is 3.12. The van der Waals surface area contributed by atoms with Crippen molar-refractivity contribution in [1.82, 2.24) is 24.8 Å². The molecule has 3 aromatic heterocycles. The lowest BCUT2D eigenvalue weighted by atomic mass is 10.1. The van der Waals surface area contributed by atoms with Crippen molar-refractivity contribution >= 4 is 23.2 Å². The zero-order valence-corrected chi connectivity index (χ0v) is 13.3. The third-order valence-corrected chi connectivity index (χ3v) is 4.08. The Morgan fingerprint density at radius 3 is 3.04 bits per heavy atom. The van der Waals surface area contributed by atoms with E-state index in [1.807, 2.05) is 4.90 Å². The highest BCUT2D eigenvalue weighted by Gasteiger charge is 2.21. The summed E-state index contributed by atoms with van der Waals surface area (Å²) in [5.41, 5.74) is 0.818. The van der Waals surface area contributed by atoms with Gasteiger partial charge in [-0.3, -0.25) is 4.79 Å². The maximum Gasteiger partial charge on any atom is 0.277 e. The molecule has 1 N–H and O–H groups in total. The topological polar surface area (TPSA) is 88.3 Å². The number of rotatable bonds is 3. The fraction of sp³-hybridized carbons (Fsp3) is 0.312. The highest BCUT2D eigenvalue weighted by molar-refractivity contribution is 6.02. The number of aromatic nitrogens is 5. The number of carbonyl (C=O) groups excluding carboxylic acids is 1. The summed E-state index contributed by atoms with van der Waals surface area (Å²) in [5.74, 6) is 0.580. The molecule has 0 aliphatic carbocycles. The summed E-state index contributed by atoms with van der Waals surface area (Å²) < 4.78 is 15.1. The maximum atomic E-state index is 13.7. The Morgan fingerprint density at radius 2 is 2.24 bits per heavy atom. The summed E-state index contributed by atoms with van der Waals surface area (Å²) in [5, 5.41) is 14.7. The number of halogens is 1. The zero-order chi connectivity index (χ0) is 17.2. The zero-order valence-electron chi connectivity index (χ0n) is 13.3. The Hall–Kier alpha value is -3.10. The summed E-state index contributed by atoms with van der Waals surface area (Å²) in [6.07, 6.45) is 3.48. The van der Waals surface area contributed by atoms with Crippen LogP contribution in [0.5, 0.6) is 0 Å². The SMILES string of the molecule is O=C(Nc1cccnn1)c1cnc2ccc(N3CCCC(F)C3)nn12. The second-order valence-electron chi connectivity index (χ2n) is 5.85. The molecule has 0 saturated carbocycles. The van der Waals surface area contributed by atoms with Crippen LogP contribution < -0.4 is 10.2 Å². The monoisotopic (exact) mass is 341 g/mol. The molecule has 4 heterocycles. The van der Waals surface area contributed by atoms with E-state index in [-0.39, 0.29) is 11.6 Å². The number of piperidine rings is 1. The molecule has 1 fully saturated rings. The Balaban J connectivity index is 1.63. The molecule has 8 nitrogen and oxygen atoms in total. The van der Waals surface area contributed by atoms with E-state index >= 15 is 0 Å². The first-order valence-electron chi connectivity index (χ1n) is 8.03. The van der Waals surface area contributed by atoms with Crippen molar-refractivity contribution in [2.24, 2.45) is 0 Å². The highest BCUT2D eigenvalue weighted by atomic mass is 19.1. The number of hydrogen-bond acceptors (Lipinski definition) is 6. The molecular weight excluding hydrogens is 325 g/mol. The van der Waals surface area contributed by atoms with Gasteiger partial charge < -0.3 is 10.2 Å². The van der Waals surface area contributed by atoms with E-state index in [0.29, 0.717) is 30.2 Å². The molecule has 1 saturated heterocycles. The van der Waals surface area contributed by atoms with Gasteiger partial charge in [0.05, 0.1) is 12.7 Å². The number of alkyl halides is 1. The fourth-order valence-corrected chi connectivity index (χ4v) is 2.87. The lowest BCUT2D eigenvalue weighted by molar-refractivity contribution is 0.102. The van der Waals surface area contributed by atoms with Crippen LogP contribution in [0.1, 0.15) is 23.3 Å². The molecule has 0 spiro atoms. The average Bonchev–Trinajstić information content (AvgIpc) is 3.06. The van der Waals surface area contributed by atoms with Crippen LogP contribution in [-0.4, -0.2) is 50.0 Å². The average molecular weight is 341 g/mol. The van der Waals surface area contributed by atoms with Gasteiger partial charge in [-0.15, -0.1) is 10.2 Å². The van der Waals surface area contributed by atoms with Crippen LogP contribution in [0.4, 0.5) is 16.0 Å². The van der Waals surface area contributed by atoms with Gasteiger partial charge >= 0.3 is 0 Å². The van der Waals surface area contributed by atoms with Crippen molar-refractivity contribution in [1.29, 1.82) is 0 Å². The van der Waals surface area contributed by atoms with Gasteiger partial charge in [-0.25, -0.2) is 13.9 Å². The van der Waals surface area contributed by atoms with Crippen molar-refractivity contribution in [2.75, 3.05) is 23.3 Å². The number of anilines is 2. The van der Waals surface area contributed by atoms with Gasteiger partial charge in [0.25, 0.3) is 5.91 Å². The summed E-state index contributed by atoms with van der Waals surface area (Å²) in [4.78, 5) is 18.6. The number of hydrogen-bond donors (Lipinski definition) is 1. The maximum absolute atomic E-state index is 13.7. The molecule has 25 heavy (non-hydrogen) atoms. The summed E-state index contributed by atoms with van der Waals surface area (Å²) >= 11 is 0. The van der Waals surface area contributed by atoms with Gasteiger partial charge in [0.1, 0.15) is 12.0 Å². The smallest absolute Gasteiger partial charge is 0.277 e. The van der Waals surface area contributed by atoms with E-state index in [9.17, 15) is 9.18 Å². The van der Waals surface area contributed by atoms with Crippen molar-refractivity contribution in [2.45, 2.75) is 19.0 Å². The molecule has 9 heteroatoms. The van der Waals surface area contributed by atoms with E-state index in [4.69, 9.17) is 0 Å². The summed E-state index contributed by atoms with van der Waals surface area (Å²) in [6.45, 7) is 1.06. The minimum atomic E-state index is -0.853. The van der Waals surface area contributed by atoms with E-state index in [2.05, 4.69) is 25.6 Å². The summed E-state index contributed by atoms with van der Waals surface area (Å²) in [6, 6.07) is 6.88. The predicted molar refractivity (Wildman–Crippen MR) is 89.3 cm³/mol. The molecule has 0 radical (unpaired) electrons. The Morgan fingerprint density at radius 1 is 1.32 bits per heavy atom. The van der Waals surface area contributed by atoms with Crippen molar-refractivity contribution in [3.05, 3.63) is 42.4 Å². The number of amides is 1. The van der Waals surface area contributed by atoms with Crippen LogP contribution in [0, 0.1) is 0 Å². The molecule has 1 aliphatic heterocycles. The van der Waals surface area contributed by atoms with Crippen molar-refractivity contribution < 1.29 is 9.18 Å². The van der Waals surface area contributed by atoms with Crippen molar-refractivity contribution in [3.63, 3.8) is 0 Å². The lowest BCUT2D eigenvalue weighted by Crippen LogP contribution is -2.37. The number of fused-ring (bicyclic) bond motifs is 1. The van der Waals surface area contributed by atoms with Gasteiger partial charge in [-0.05, 0) is 37.1 Å². The fourth-order valence-electron chi connectivity index (χ4n) is 2.87. The molecule has 1 amide bonds. The predicted octanol–water partition coefficient (Wildman–Crippen LogP) is 1.71. The summed E-state index contributed by atoms with van der Waals surface area (Å²) in [7, 11) is 0. The first-order valence-corrected chi connectivity index (χ1v) is 8.03. The van der Waals surface area contributed by atoms with E-state index < -0.39 is 6.17 Å². The van der Waals surface area contributed by atoms with Crippen LogP contribution in [0.2, 0.25) is 0 Å². The van der Waals surface area contributed by atoms with Crippen LogP contribution in [0.15, 0.2) is 36.7 Å². The first-order chi connectivity index (χ1) is 12.2. The Bertz CT molecular complexity index is 898. The standard InChI is InChI=1S/C16H16FN7O/c17-11-3-2-8-23(10-11)15-6-5-14-18-9-12(24(14)22-15)16(25)20-13-4-1-7-19-21-13/h1,4-7,9,11H,2-3,8,10H2,(H,20,21,25). The van der Waals surface area contributed by atoms with E-state index in [0.717, 1.165) is 13.0 Å². The molecule has 1 atom stereocenters. The molecule has 4 rings (SSSR count). The molecule has 128 valence electrons. The highest BCUT2D eigenvalue weighted by Crippen LogP contribution is 2.20. The van der Waals surface area contributed by atoms with Crippen molar-refractivity contribution in [3.8, 4) is 0 Å². The third-order valence-electron chi connectivity index (χ3n) is 4.08. The van der Waals surface area contributed by atoms with Crippen LogP contribution in [-0.2, 0) is 0 Å². The van der Waals surface area contributed by atoms with Gasteiger partial charge in [0.2, 0.25) is 0 Å². The molecule has 3 aromatic rings. The van der Waals surface area contributed by atoms with E-state index in [1.54, 1.807) is 24.3 Å². The number of nitrogens with one attached hydrogen (secondary N) is 1. The van der Waals surface area contributed by atoms with Gasteiger partial charge in [-0.1, -0.05) is 0 Å².